The second kappa shape index (κ2) is 5.64. The van der Waals surface area contributed by atoms with Crippen molar-refractivity contribution in [1.82, 2.24) is 4.98 Å². The molecule has 1 N–H and O–H groups in total. The molecule has 0 unspecified atom stereocenters. The molecule has 0 amide bonds. The highest BCUT2D eigenvalue weighted by Crippen LogP contribution is 2.28. The number of nitro benzene ring substituents is 1. The standard InChI is InChI=1S/C12H9ClN2O4/c13-9-4-11(6-14-5-9)19-10-1-2-12(15(17)18)8(3-10)7-16/h1-6,16H,7H2. The molecule has 7 heteroatoms. The summed E-state index contributed by atoms with van der Waals surface area (Å²) in [5, 5.41) is 20.2. The molecule has 0 aliphatic rings. The second-order valence-electron chi connectivity index (χ2n) is 3.65. The SMILES string of the molecule is O=[N+]([O-])c1ccc(Oc2cncc(Cl)c2)cc1CO. The van der Waals surface area contributed by atoms with Crippen LogP contribution in [0.5, 0.6) is 11.5 Å². The molecule has 1 aromatic heterocycles. The summed E-state index contributed by atoms with van der Waals surface area (Å²) in [7, 11) is 0. The summed E-state index contributed by atoms with van der Waals surface area (Å²) in [5.74, 6) is 0.768. The first-order valence-corrected chi connectivity index (χ1v) is 5.64. The van der Waals surface area contributed by atoms with E-state index in [4.69, 9.17) is 21.4 Å². The van der Waals surface area contributed by atoms with Crippen LogP contribution in [0.15, 0.2) is 36.7 Å². The normalized spacial score (nSPS) is 10.2. The van der Waals surface area contributed by atoms with Crippen molar-refractivity contribution < 1.29 is 14.8 Å². The van der Waals surface area contributed by atoms with E-state index < -0.39 is 11.5 Å². The summed E-state index contributed by atoms with van der Waals surface area (Å²) >= 11 is 5.76. The van der Waals surface area contributed by atoms with Crippen LogP contribution in [-0.4, -0.2) is 15.0 Å². The number of rotatable bonds is 4. The maximum atomic E-state index is 10.7. The van der Waals surface area contributed by atoms with Crippen LogP contribution >= 0.6 is 11.6 Å². The van der Waals surface area contributed by atoms with Crippen molar-refractivity contribution in [1.29, 1.82) is 0 Å². The Morgan fingerprint density at radius 3 is 2.74 bits per heavy atom. The molecule has 1 heterocycles. The molecule has 6 nitrogen and oxygen atoms in total. The van der Waals surface area contributed by atoms with E-state index in [0.29, 0.717) is 16.5 Å². The summed E-state index contributed by atoms with van der Waals surface area (Å²) in [6.45, 7) is -0.443. The summed E-state index contributed by atoms with van der Waals surface area (Å²) in [6, 6.07) is 5.69. The molecule has 0 atom stereocenters. The molecule has 0 aliphatic carbocycles. The molecule has 0 radical (unpaired) electrons. The summed E-state index contributed by atoms with van der Waals surface area (Å²) in [4.78, 5) is 14.0. The van der Waals surface area contributed by atoms with Crippen molar-refractivity contribution in [3.8, 4) is 11.5 Å². The van der Waals surface area contributed by atoms with Crippen LogP contribution < -0.4 is 4.74 Å². The zero-order chi connectivity index (χ0) is 13.8. The van der Waals surface area contributed by atoms with Gasteiger partial charge in [-0.15, -0.1) is 0 Å². The minimum Gasteiger partial charge on any atom is -0.456 e. The summed E-state index contributed by atoms with van der Waals surface area (Å²) < 4.78 is 5.46. The fourth-order valence-electron chi connectivity index (χ4n) is 1.51. The lowest BCUT2D eigenvalue weighted by Gasteiger charge is -2.07. The highest BCUT2D eigenvalue weighted by atomic mass is 35.5. The highest BCUT2D eigenvalue weighted by molar-refractivity contribution is 6.30. The Hall–Kier alpha value is -2.18. The highest BCUT2D eigenvalue weighted by Gasteiger charge is 2.14. The summed E-state index contributed by atoms with van der Waals surface area (Å²) in [6.07, 6.45) is 2.93. The van der Waals surface area contributed by atoms with Gasteiger partial charge in [0.2, 0.25) is 0 Å². The number of hydrogen-bond donors (Lipinski definition) is 1. The van der Waals surface area contributed by atoms with E-state index in [1.807, 2.05) is 0 Å². The Labute approximate surface area is 113 Å². The van der Waals surface area contributed by atoms with Gasteiger partial charge in [0.25, 0.3) is 5.69 Å². The van der Waals surface area contributed by atoms with Gasteiger partial charge >= 0.3 is 0 Å². The van der Waals surface area contributed by atoms with Crippen molar-refractivity contribution in [2.24, 2.45) is 0 Å². The monoisotopic (exact) mass is 280 g/mol. The van der Waals surface area contributed by atoms with Crippen LogP contribution in [0.4, 0.5) is 5.69 Å². The van der Waals surface area contributed by atoms with Crippen molar-refractivity contribution in [3.05, 3.63) is 57.4 Å². The van der Waals surface area contributed by atoms with Gasteiger partial charge in [0.05, 0.1) is 28.3 Å². The largest absolute Gasteiger partial charge is 0.456 e. The lowest BCUT2D eigenvalue weighted by molar-refractivity contribution is -0.385. The first kappa shape index (κ1) is 13.3. The number of hydrogen-bond acceptors (Lipinski definition) is 5. The van der Waals surface area contributed by atoms with Gasteiger partial charge < -0.3 is 9.84 Å². The Morgan fingerprint density at radius 1 is 1.32 bits per heavy atom. The number of aromatic nitrogens is 1. The van der Waals surface area contributed by atoms with Crippen LogP contribution in [0.3, 0.4) is 0 Å². The van der Waals surface area contributed by atoms with E-state index in [0.717, 1.165) is 0 Å². The van der Waals surface area contributed by atoms with Crippen LogP contribution in [0.2, 0.25) is 5.02 Å². The molecule has 0 fully saturated rings. The number of ether oxygens (including phenoxy) is 1. The number of benzene rings is 1. The average Bonchev–Trinajstić information content (AvgIpc) is 2.38. The van der Waals surface area contributed by atoms with Crippen molar-refractivity contribution in [3.63, 3.8) is 0 Å². The molecule has 2 rings (SSSR count). The molecule has 0 saturated carbocycles. The van der Waals surface area contributed by atoms with E-state index in [9.17, 15) is 10.1 Å². The lowest BCUT2D eigenvalue weighted by atomic mass is 10.2. The van der Waals surface area contributed by atoms with Crippen LogP contribution in [0.25, 0.3) is 0 Å². The van der Waals surface area contributed by atoms with Gasteiger partial charge in [-0.25, -0.2) is 0 Å². The molecular weight excluding hydrogens is 272 g/mol. The van der Waals surface area contributed by atoms with Gasteiger partial charge in [0, 0.05) is 18.3 Å². The average molecular weight is 281 g/mol. The smallest absolute Gasteiger partial charge is 0.275 e. The first-order chi connectivity index (χ1) is 9.10. The van der Waals surface area contributed by atoms with E-state index in [2.05, 4.69) is 4.98 Å². The maximum Gasteiger partial charge on any atom is 0.275 e. The number of nitrogens with zero attached hydrogens (tertiary/aromatic N) is 2. The fraction of sp³-hybridized carbons (Fsp3) is 0.0833. The minimum absolute atomic E-state index is 0.154. The number of halogens is 1. The molecule has 0 bridgehead atoms. The molecule has 0 spiro atoms. The van der Waals surface area contributed by atoms with Gasteiger partial charge in [-0.05, 0) is 12.1 Å². The van der Waals surface area contributed by atoms with Gasteiger partial charge in [-0.2, -0.15) is 0 Å². The third-order valence-electron chi connectivity index (χ3n) is 2.33. The minimum atomic E-state index is -0.559. The van der Waals surface area contributed by atoms with Crippen LogP contribution in [-0.2, 0) is 6.61 Å². The zero-order valence-electron chi connectivity index (χ0n) is 9.62. The zero-order valence-corrected chi connectivity index (χ0v) is 10.4. The molecule has 0 saturated heterocycles. The Bertz CT molecular complexity index is 618. The lowest BCUT2D eigenvalue weighted by Crippen LogP contribution is -1.96. The van der Waals surface area contributed by atoms with Gasteiger partial charge in [0.15, 0.2) is 0 Å². The third kappa shape index (κ3) is 3.18. The second-order valence-corrected chi connectivity index (χ2v) is 4.08. The van der Waals surface area contributed by atoms with Crippen LogP contribution in [0, 0.1) is 10.1 Å². The Morgan fingerprint density at radius 2 is 2.11 bits per heavy atom. The molecule has 2 aromatic rings. The maximum absolute atomic E-state index is 10.7. The molecule has 1 aromatic carbocycles. The van der Waals surface area contributed by atoms with E-state index in [1.54, 1.807) is 6.07 Å². The predicted octanol–water partition coefficient (Wildman–Crippen LogP) is 2.93. The van der Waals surface area contributed by atoms with Crippen molar-refractivity contribution in [2.45, 2.75) is 6.61 Å². The quantitative estimate of drug-likeness (QED) is 0.687. The van der Waals surface area contributed by atoms with Crippen LogP contribution in [0.1, 0.15) is 5.56 Å². The molecular formula is C12H9ClN2O4. The predicted molar refractivity (Wildman–Crippen MR) is 68.3 cm³/mol. The van der Waals surface area contributed by atoms with E-state index >= 15 is 0 Å². The molecule has 19 heavy (non-hydrogen) atoms. The fourth-order valence-corrected chi connectivity index (χ4v) is 1.68. The number of pyridine rings is 1. The van der Waals surface area contributed by atoms with Gasteiger partial charge in [-0.3, -0.25) is 15.1 Å². The van der Waals surface area contributed by atoms with Gasteiger partial charge in [-0.1, -0.05) is 11.6 Å². The molecule has 98 valence electrons. The number of nitro groups is 1. The Kier molecular flexibility index (Phi) is 3.94. The van der Waals surface area contributed by atoms with Gasteiger partial charge in [0.1, 0.15) is 11.5 Å². The first-order valence-electron chi connectivity index (χ1n) is 5.26. The number of aliphatic hydroxyl groups is 1. The summed E-state index contributed by atoms with van der Waals surface area (Å²) in [5.41, 5.74) is 0.0246. The van der Waals surface area contributed by atoms with Crippen molar-refractivity contribution >= 4 is 17.3 Å². The third-order valence-corrected chi connectivity index (χ3v) is 2.54. The molecule has 0 aliphatic heterocycles. The van der Waals surface area contributed by atoms with E-state index in [-0.39, 0.29) is 11.3 Å². The topological polar surface area (TPSA) is 85.5 Å². The van der Waals surface area contributed by atoms with Crippen molar-refractivity contribution in [2.75, 3.05) is 0 Å². The van der Waals surface area contributed by atoms with E-state index in [1.165, 1.54) is 30.6 Å². The Balaban J connectivity index is 2.29. The number of aliphatic hydroxyl groups excluding tert-OH is 1.